The summed E-state index contributed by atoms with van der Waals surface area (Å²) < 4.78 is 5.72. The van der Waals surface area contributed by atoms with E-state index in [2.05, 4.69) is 29.1 Å². The number of hydrogen-bond donors (Lipinski definition) is 2. The van der Waals surface area contributed by atoms with Crippen molar-refractivity contribution in [3.05, 3.63) is 54.1 Å². The lowest BCUT2D eigenvalue weighted by Crippen LogP contribution is -2.46. The Hall–Kier alpha value is -2.14. The third-order valence-corrected chi connectivity index (χ3v) is 4.50. The number of aromatic nitrogens is 2. The maximum atomic E-state index is 12.6. The zero-order chi connectivity index (χ0) is 17.0. The van der Waals surface area contributed by atoms with E-state index in [0.29, 0.717) is 13.0 Å². The maximum absolute atomic E-state index is 12.6. The fourth-order valence-corrected chi connectivity index (χ4v) is 3.35. The van der Waals surface area contributed by atoms with Crippen molar-refractivity contribution in [2.24, 2.45) is 0 Å². The summed E-state index contributed by atoms with van der Waals surface area (Å²) >= 11 is 0. The Balaban J connectivity index is 1.68. The third-order valence-electron chi connectivity index (χ3n) is 4.50. The van der Waals surface area contributed by atoms with E-state index in [0.717, 1.165) is 24.2 Å². The molecule has 1 saturated heterocycles. The van der Waals surface area contributed by atoms with Gasteiger partial charge in [-0.2, -0.15) is 0 Å². The van der Waals surface area contributed by atoms with E-state index in [4.69, 9.17) is 4.74 Å². The van der Waals surface area contributed by atoms with Crippen LogP contribution in [0, 0.1) is 0 Å². The molecule has 5 nitrogen and oxygen atoms in total. The lowest BCUT2D eigenvalue weighted by atomic mass is 9.92. The molecule has 1 aliphatic rings. The first-order chi connectivity index (χ1) is 11.5. The van der Waals surface area contributed by atoms with Crippen molar-refractivity contribution in [2.45, 2.75) is 50.7 Å². The molecule has 0 bridgehead atoms. The number of carbonyl (C=O) groups excluding carboxylic acids is 1. The van der Waals surface area contributed by atoms with Gasteiger partial charge in [0.2, 0.25) is 5.91 Å². The highest BCUT2D eigenvalue weighted by molar-refractivity contribution is 5.77. The molecule has 0 spiro atoms. The molecule has 1 aromatic carbocycles. The lowest BCUT2D eigenvalue weighted by molar-refractivity contribution is -0.124. The number of benzene rings is 1. The summed E-state index contributed by atoms with van der Waals surface area (Å²) in [5, 5.41) is 3.18. The molecule has 2 heterocycles. The topological polar surface area (TPSA) is 67.0 Å². The molecular formula is C19H25N3O2. The zero-order valence-electron chi connectivity index (χ0n) is 14.3. The van der Waals surface area contributed by atoms with Gasteiger partial charge in [-0.25, -0.2) is 4.98 Å². The van der Waals surface area contributed by atoms with Gasteiger partial charge in [-0.15, -0.1) is 0 Å². The van der Waals surface area contributed by atoms with Gasteiger partial charge in [0, 0.05) is 31.5 Å². The first kappa shape index (κ1) is 16.7. The molecule has 24 heavy (non-hydrogen) atoms. The Bertz CT molecular complexity index is 653. The first-order valence-corrected chi connectivity index (χ1v) is 8.51. The number of ether oxygens (including phenoxy) is 1. The average molecular weight is 327 g/mol. The summed E-state index contributed by atoms with van der Waals surface area (Å²) in [6, 6.07) is 10.2. The summed E-state index contributed by atoms with van der Waals surface area (Å²) in [5.41, 5.74) is 0.922. The average Bonchev–Trinajstić information content (AvgIpc) is 3.06. The minimum Gasteiger partial charge on any atom is -0.375 e. The van der Waals surface area contributed by atoms with Crippen LogP contribution in [0.2, 0.25) is 0 Å². The molecule has 1 amide bonds. The molecule has 2 atom stereocenters. The van der Waals surface area contributed by atoms with Gasteiger partial charge in [0.15, 0.2) is 0 Å². The fourth-order valence-electron chi connectivity index (χ4n) is 3.35. The van der Waals surface area contributed by atoms with Crippen LogP contribution < -0.4 is 5.32 Å². The second-order valence-corrected chi connectivity index (χ2v) is 7.01. The molecule has 1 aliphatic heterocycles. The number of nitrogens with zero attached hydrogens (tertiary/aromatic N) is 1. The molecule has 0 radical (unpaired) electrons. The molecule has 0 saturated carbocycles. The Morgan fingerprint density at radius 3 is 2.88 bits per heavy atom. The molecule has 1 aromatic heterocycles. The largest absolute Gasteiger partial charge is 0.375 e. The minimum absolute atomic E-state index is 0.0583. The third kappa shape index (κ3) is 4.23. The Morgan fingerprint density at radius 2 is 2.21 bits per heavy atom. The van der Waals surface area contributed by atoms with Crippen molar-refractivity contribution in [1.29, 1.82) is 0 Å². The highest BCUT2D eigenvalue weighted by atomic mass is 16.5. The summed E-state index contributed by atoms with van der Waals surface area (Å²) in [6.45, 7) is 4.83. The molecule has 2 unspecified atom stereocenters. The van der Waals surface area contributed by atoms with Crippen molar-refractivity contribution in [1.82, 2.24) is 15.3 Å². The van der Waals surface area contributed by atoms with Crippen LogP contribution in [0.1, 0.15) is 50.4 Å². The van der Waals surface area contributed by atoms with Crippen LogP contribution in [0.15, 0.2) is 42.7 Å². The molecule has 0 aliphatic carbocycles. The number of carbonyl (C=O) groups is 1. The van der Waals surface area contributed by atoms with Crippen molar-refractivity contribution in [3.63, 3.8) is 0 Å². The van der Waals surface area contributed by atoms with Crippen molar-refractivity contribution in [3.8, 4) is 0 Å². The minimum atomic E-state index is -0.171. The predicted molar refractivity (Wildman–Crippen MR) is 92.7 cm³/mol. The van der Waals surface area contributed by atoms with Gasteiger partial charge < -0.3 is 15.0 Å². The molecule has 128 valence electrons. The van der Waals surface area contributed by atoms with Crippen LogP contribution >= 0.6 is 0 Å². The number of H-pyrrole nitrogens is 1. The number of aromatic amines is 1. The summed E-state index contributed by atoms with van der Waals surface area (Å²) in [5.74, 6) is 0.820. The van der Waals surface area contributed by atoms with Crippen LogP contribution in [0.5, 0.6) is 0 Å². The van der Waals surface area contributed by atoms with Crippen LogP contribution in [-0.2, 0) is 9.53 Å². The molecule has 2 aromatic rings. The first-order valence-electron chi connectivity index (χ1n) is 8.51. The summed E-state index contributed by atoms with van der Waals surface area (Å²) in [4.78, 5) is 20.1. The molecule has 1 fully saturated rings. The maximum Gasteiger partial charge on any atom is 0.221 e. The lowest BCUT2D eigenvalue weighted by Gasteiger charge is -2.36. The Morgan fingerprint density at radius 1 is 1.42 bits per heavy atom. The Kier molecular flexibility index (Phi) is 5.00. The number of amides is 1. The van der Waals surface area contributed by atoms with Gasteiger partial charge in [0.1, 0.15) is 5.82 Å². The number of hydrogen-bond acceptors (Lipinski definition) is 3. The normalized spacial score (nSPS) is 21.2. The van der Waals surface area contributed by atoms with Crippen molar-refractivity contribution in [2.75, 3.05) is 6.61 Å². The Labute approximate surface area is 142 Å². The highest BCUT2D eigenvalue weighted by Crippen LogP contribution is 2.27. The second-order valence-electron chi connectivity index (χ2n) is 7.01. The van der Waals surface area contributed by atoms with Gasteiger partial charge >= 0.3 is 0 Å². The van der Waals surface area contributed by atoms with E-state index in [1.807, 2.05) is 30.3 Å². The molecule has 2 N–H and O–H groups in total. The van der Waals surface area contributed by atoms with Gasteiger partial charge in [-0.05, 0) is 32.3 Å². The number of nitrogens with one attached hydrogen (secondary N) is 2. The van der Waals surface area contributed by atoms with Gasteiger partial charge in [0.25, 0.3) is 0 Å². The van der Waals surface area contributed by atoms with Crippen LogP contribution in [0.4, 0.5) is 0 Å². The number of rotatable bonds is 5. The van der Waals surface area contributed by atoms with Crippen LogP contribution in [-0.4, -0.2) is 34.1 Å². The van der Waals surface area contributed by atoms with E-state index in [9.17, 15) is 4.79 Å². The second kappa shape index (κ2) is 7.18. The van der Waals surface area contributed by atoms with Crippen molar-refractivity contribution >= 4 is 5.91 Å². The monoisotopic (exact) mass is 327 g/mol. The van der Waals surface area contributed by atoms with E-state index in [1.165, 1.54) is 0 Å². The van der Waals surface area contributed by atoms with Gasteiger partial charge in [0.05, 0.1) is 11.5 Å². The molecule has 3 rings (SSSR count). The van der Waals surface area contributed by atoms with Crippen LogP contribution in [0.25, 0.3) is 0 Å². The van der Waals surface area contributed by atoms with E-state index < -0.39 is 0 Å². The quantitative estimate of drug-likeness (QED) is 0.887. The standard InChI is InChI=1S/C19H25N3O2/c1-19(2)13-15(8-11-24-19)22-17(23)12-16(18-20-9-10-21-18)14-6-4-3-5-7-14/h3-7,9-10,15-16H,8,11-13H2,1-2H3,(H,20,21)(H,22,23). The summed E-state index contributed by atoms with van der Waals surface area (Å²) in [6.07, 6.45) is 5.62. The van der Waals surface area contributed by atoms with E-state index in [1.54, 1.807) is 12.4 Å². The fraction of sp³-hybridized carbons (Fsp3) is 0.474. The van der Waals surface area contributed by atoms with Crippen LogP contribution in [0.3, 0.4) is 0 Å². The summed E-state index contributed by atoms with van der Waals surface area (Å²) in [7, 11) is 0. The van der Waals surface area contributed by atoms with E-state index >= 15 is 0 Å². The SMILES string of the molecule is CC1(C)CC(NC(=O)CC(c2ccccc2)c2ncc[nH]2)CCO1. The van der Waals surface area contributed by atoms with Crippen molar-refractivity contribution < 1.29 is 9.53 Å². The predicted octanol–water partition coefficient (Wildman–Crippen LogP) is 3.01. The van der Waals surface area contributed by atoms with Gasteiger partial charge in [-0.3, -0.25) is 4.79 Å². The number of imidazole rings is 1. The van der Waals surface area contributed by atoms with E-state index in [-0.39, 0.29) is 23.5 Å². The molecule has 5 heteroatoms. The molecular weight excluding hydrogens is 302 g/mol. The zero-order valence-corrected chi connectivity index (χ0v) is 14.3. The van der Waals surface area contributed by atoms with Gasteiger partial charge in [-0.1, -0.05) is 30.3 Å². The highest BCUT2D eigenvalue weighted by Gasteiger charge is 2.30. The smallest absolute Gasteiger partial charge is 0.221 e.